The quantitative estimate of drug-likeness (QED) is 0.795. The zero-order valence-electron chi connectivity index (χ0n) is 13.5. The number of ether oxygens (including phenoxy) is 2. The highest BCUT2D eigenvalue weighted by atomic mass is 35.5. The Kier molecular flexibility index (Phi) is 4.78. The normalized spacial score (nSPS) is 25.7. The molecule has 1 saturated carbocycles. The summed E-state index contributed by atoms with van der Waals surface area (Å²) in [6, 6.07) is 4.36. The van der Waals surface area contributed by atoms with Crippen molar-refractivity contribution in [1.82, 2.24) is 19.9 Å². The van der Waals surface area contributed by atoms with Crippen LogP contribution in [0.1, 0.15) is 25.7 Å². The Morgan fingerprint density at radius 2 is 1.92 bits per heavy atom. The molecule has 0 spiro atoms. The van der Waals surface area contributed by atoms with Gasteiger partial charge in [0.2, 0.25) is 11.2 Å². The molecule has 2 aromatic heterocycles. The first-order valence-electron chi connectivity index (χ1n) is 8.56. The summed E-state index contributed by atoms with van der Waals surface area (Å²) in [7, 11) is 0. The summed E-state index contributed by atoms with van der Waals surface area (Å²) in [4.78, 5) is 15.3. The third-order valence-electron chi connectivity index (χ3n) is 4.88. The Hall–Kier alpha value is -1.50. The lowest BCUT2D eigenvalue weighted by Gasteiger charge is -2.38. The number of rotatable bonds is 3. The molecule has 0 bridgehead atoms. The lowest BCUT2D eigenvalue weighted by atomic mass is 9.91. The average Bonchev–Trinajstić information content (AvgIpc) is 2.63. The lowest BCUT2D eigenvalue weighted by Crippen LogP contribution is -2.46. The molecule has 0 amide bonds. The highest BCUT2D eigenvalue weighted by Crippen LogP contribution is 2.29. The summed E-state index contributed by atoms with van der Waals surface area (Å²) < 4.78 is 11.6. The van der Waals surface area contributed by atoms with E-state index in [0.29, 0.717) is 17.4 Å². The number of hydrogen-bond donors (Lipinski definition) is 0. The van der Waals surface area contributed by atoms with Gasteiger partial charge in [0.25, 0.3) is 0 Å². The van der Waals surface area contributed by atoms with E-state index in [1.807, 2.05) is 12.1 Å². The summed E-state index contributed by atoms with van der Waals surface area (Å²) in [6.07, 6.45) is 6.24. The van der Waals surface area contributed by atoms with Gasteiger partial charge in [0.05, 0.1) is 18.7 Å². The molecule has 0 atom stereocenters. The Balaban J connectivity index is 1.42. The van der Waals surface area contributed by atoms with Gasteiger partial charge in [-0.3, -0.25) is 4.90 Å². The van der Waals surface area contributed by atoms with Crippen molar-refractivity contribution in [2.24, 2.45) is 0 Å². The number of aromatic nitrogens is 3. The van der Waals surface area contributed by atoms with Crippen LogP contribution in [-0.4, -0.2) is 58.3 Å². The molecule has 2 fully saturated rings. The predicted octanol–water partition coefficient (Wildman–Crippen LogP) is 2.70. The van der Waals surface area contributed by atoms with Crippen molar-refractivity contribution in [2.45, 2.75) is 37.8 Å². The maximum absolute atomic E-state index is 6.14. The Bertz CT molecular complexity index is 700. The van der Waals surface area contributed by atoms with Crippen molar-refractivity contribution in [1.29, 1.82) is 0 Å². The van der Waals surface area contributed by atoms with Gasteiger partial charge in [0, 0.05) is 25.3 Å². The molecule has 128 valence electrons. The van der Waals surface area contributed by atoms with Crippen LogP contribution in [0.3, 0.4) is 0 Å². The third-order valence-corrected chi connectivity index (χ3v) is 5.05. The van der Waals surface area contributed by atoms with Gasteiger partial charge >= 0.3 is 0 Å². The zero-order chi connectivity index (χ0) is 16.4. The fraction of sp³-hybridized carbons (Fsp3) is 0.588. The SMILES string of the molecule is Clc1nc(OC2CCC(N3CCOCC3)CC2)c2ncccc2n1. The monoisotopic (exact) mass is 348 g/mol. The minimum absolute atomic E-state index is 0.165. The molecule has 0 unspecified atom stereocenters. The van der Waals surface area contributed by atoms with Crippen LogP contribution < -0.4 is 4.74 Å². The Morgan fingerprint density at radius 1 is 1.12 bits per heavy atom. The van der Waals surface area contributed by atoms with E-state index in [4.69, 9.17) is 21.1 Å². The second kappa shape index (κ2) is 7.17. The molecule has 4 rings (SSSR count). The highest BCUT2D eigenvalue weighted by Gasteiger charge is 2.28. The Labute approximate surface area is 146 Å². The first kappa shape index (κ1) is 16.0. The van der Waals surface area contributed by atoms with Gasteiger partial charge in [0.15, 0.2) is 5.52 Å². The minimum atomic E-state index is 0.165. The van der Waals surface area contributed by atoms with E-state index in [1.54, 1.807) is 6.20 Å². The van der Waals surface area contributed by atoms with E-state index in [2.05, 4.69) is 19.9 Å². The average molecular weight is 349 g/mol. The van der Waals surface area contributed by atoms with Gasteiger partial charge in [-0.25, -0.2) is 9.97 Å². The summed E-state index contributed by atoms with van der Waals surface area (Å²) in [5.74, 6) is 0.500. The van der Waals surface area contributed by atoms with Gasteiger partial charge in [-0.15, -0.1) is 0 Å². The first-order chi connectivity index (χ1) is 11.8. The smallest absolute Gasteiger partial charge is 0.245 e. The van der Waals surface area contributed by atoms with E-state index in [1.165, 1.54) is 0 Å². The molecular formula is C17H21ClN4O2. The second-order valence-corrected chi connectivity index (χ2v) is 6.70. The molecule has 7 heteroatoms. The minimum Gasteiger partial charge on any atom is -0.473 e. The van der Waals surface area contributed by atoms with Gasteiger partial charge in [0.1, 0.15) is 6.10 Å². The second-order valence-electron chi connectivity index (χ2n) is 6.37. The summed E-state index contributed by atoms with van der Waals surface area (Å²) in [6.45, 7) is 3.81. The fourth-order valence-electron chi connectivity index (χ4n) is 3.62. The van der Waals surface area contributed by atoms with Crippen LogP contribution in [0.25, 0.3) is 11.0 Å². The molecule has 1 aliphatic carbocycles. The number of nitrogens with zero attached hydrogens (tertiary/aromatic N) is 4. The van der Waals surface area contributed by atoms with Gasteiger partial charge < -0.3 is 9.47 Å². The maximum Gasteiger partial charge on any atom is 0.245 e. The number of hydrogen-bond acceptors (Lipinski definition) is 6. The van der Waals surface area contributed by atoms with Crippen molar-refractivity contribution in [2.75, 3.05) is 26.3 Å². The molecular weight excluding hydrogens is 328 g/mol. The van der Waals surface area contributed by atoms with Crippen LogP contribution in [0.4, 0.5) is 0 Å². The van der Waals surface area contributed by atoms with E-state index < -0.39 is 0 Å². The molecule has 0 radical (unpaired) electrons. The molecule has 0 aromatic carbocycles. The number of pyridine rings is 1. The van der Waals surface area contributed by atoms with E-state index in [0.717, 1.165) is 57.5 Å². The van der Waals surface area contributed by atoms with Crippen LogP contribution in [0.15, 0.2) is 18.3 Å². The van der Waals surface area contributed by atoms with Crippen molar-refractivity contribution in [3.8, 4) is 5.88 Å². The van der Waals surface area contributed by atoms with Gasteiger partial charge in [-0.2, -0.15) is 4.98 Å². The van der Waals surface area contributed by atoms with Crippen LogP contribution in [0.5, 0.6) is 5.88 Å². The van der Waals surface area contributed by atoms with Gasteiger partial charge in [-0.1, -0.05) is 0 Å². The zero-order valence-corrected chi connectivity index (χ0v) is 14.3. The topological polar surface area (TPSA) is 60.4 Å². The fourth-order valence-corrected chi connectivity index (χ4v) is 3.79. The molecule has 2 aromatic rings. The van der Waals surface area contributed by atoms with Crippen molar-refractivity contribution in [3.05, 3.63) is 23.6 Å². The summed E-state index contributed by atoms with van der Waals surface area (Å²) >= 11 is 6.02. The molecule has 3 heterocycles. The van der Waals surface area contributed by atoms with E-state index in [-0.39, 0.29) is 11.4 Å². The molecule has 0 N–H and O–H groups in total. The highest BCUT2D eigenvalue weighted by molar-refractivity contribution is 6.28. The lowest BCUT2D eigenvalue weighted by molar-refractivity contribution is -0.00127. The molecule has 24 heavy (non-hydrogen) atoms. The van der Waals surface area contributed by atoms with Crippen LogP contribution >= 0.6 is 11.6 Å². The predicted molar refractivity (Wildman–Crippen MR) is 91.4 cm³/mol. The van der Waals surface area contributed by atoms with Crippen LogP contribution in [0, 0.1) is 0 Å². The molecule has 1 saturated heterocycles. The van der Waals surface area contributed by atoms with E-state index >= 15 is 0 Å². The summed E-state index contributed by atoms with van der Waals surface area (Å²) in [5.41, 5.74) is 1.40. The largest absolute Gasteiger partial charge is 0.473 e. The molecule has 6 nitrogen and oxygen atoms in total. The first-order valence-corrected chi connectivity index (χ1v) is 8.94. The van der Waals surface area contributed by atoms with Crippen molar-refractivity contribution < 1.29 is 9.47 Å². The number of halogens is 1. The van der Waals surface area contributed by atoms with E-state index in [9.17, 15) is 0 Å². The van der Waals surface area contributed by atoms with Crippen molar-refractivity contribution >= 4 is 22.6 Å². The molecule has 2 aliphatic rings. The molecule has 1 aliphatic heterocycles. The van der Waals surface area contributed by atoms with Crippen LogP contribution in [0.2, 0.25) is 5.28 Å². The Morgan fingerprint density at radius 3 is 2.71 bits per heavy atom. The summed E-state index contributed by atoms with van der Waals surface area (Å²) in [5, 5.41) is 0.201. The van der Waals surface area contributed by atoms with Crippen molar-refractivity contribution in [3.63, 3.8) is 0 Å². The number of morpholine rings is 1. The number of fused-ring (bicyclic) bond motifs is 1. The third kappa shape index (κ3) is 3.45. The maximum atomic E-state index is 6.14. The van der Waals surface area contributed by atoms with Gasteiger partial charge in [-0.05, 0) is 49.4 Å². The van der Waals surface area contributed by atoms with Crippen LogP contribution in [-0.2, 0) is 4.74 Å². The standard InChI is InChI=1S/C17H21ClN4O2/c18-17-20-14-2-1-7-19-15(14)16(21-17)24-13-5-3-12(4-6-13)22-8-10-23-11-9-22/h1-2,7,12-13H,3-6,8-11H2.